The van der Waals surface area contributed by atoms with Gasteiger partial charge in [-0.3, -0.25) is 0 Å². The molecule has 108 valence electrons. The summed E-state index contributed by atoms with van der Waals surface area (Å²) < 4.78 is 5.70. The average molecular weight is 281 g/mol. The van der Waals surface area contributed by atoms with Crippen LogP contribution in [0, 0.1) is 11.3 Å². The van der Waals surface area contributed by atoms with Crippen LogP contribution in [0.25, 0.3) is 0 Å². The largest absolute Gasteiger partial charge is 0.489 e. The van der Waals surface area contributed by atoms with E-state index >= 15 is 0 Å². The Morgan fingerprint density at radius 2 is 2.00 bits per heavy atom. The van der Waals surface area contributed by atoms with Gasteiger partial charge in [0.25, 0.3) is 0 Å². The Kier molecular flexibility index (Phi) is 5.30. The van der Waals surface area contributed by atoms with Gasteiger partial charge in [-0.05, 0) is 23.8 Å². The van der Waals surface area contributed by atoms with E-state index in [4.69, 9.17) is 10.00 Å². The van der Waals surface area contributed by atoms with Gasteiger partial charge in [-0.2, -0.15) is 5.26 Å². The summed E-state index contributed by atoms with van der Waals surface area (Å²) in [5, 5.41) is 12.3. The Morgan fingerprint density at radius 1 is 1.24 bits per heavy atom. The highest BCUT2D eigenvalue weighted by Gasteiger charge is 2.03. The van der Waals surface area contributed by atoms with Crippen molar-refractivity contribution in [2.45, 2.75) is 33.0 Å². The standard InChI is InChI=1S/C17H19N3O/c1-13(2)20-11-14-5-7-16(8-6-14)21-12-15-4-3-9-19-17(15)10-18/h3-9,13,20H,11-12H2,1-2H3. The molecular formula is C17H19N3O. The Labute approximate surface area is 125 Å². The molecule has 1 heterocycles. The third-order valence-corrected chi connectivity index (χ3v) is 3.03. The molecule has 0 radical (unpaired) electrons. The van der Waals surface area contributed by atoms with E-state index in [0.29, 0.717) is 18.3 Å². The van der Waals surface area contributed by atoms with Gasteiger partial charge in [-0.15, -0.1) is 0 Å². The smallest absolute Gasteiger partial charge is 0.147 e. The summed E-state index contributed by atoms with van der Waals surface area (Å²) in [6, 6.07) is 14.2. The van der Waals surface area contributed by atoms with E-state index in [1.54, 1.807) is 12.3 Å². The molecule has 0 unspecified atom stereocenters. The summed E-state index contributed by atoms with van der Waals surface area (Å²) >= 11 is 0. The number of benzene rings is 1. The molecule has 1 aromatic heterocycles. The average Bonchev–Trinajstić information content (AvgIpc) is 2.52. The second-order valence-electron chi connectivity index (χ2n) is 5.09. The molecule has 2 rings (SSSR count). The Hall–Kier alpha value is -2.38. The number of nitrogens with one attached hydrogen (secondary N) is 1. The van der Waals surface area contributed by atoms with Gasteiger partial charge in [0, 0.05) is 24.3 Å². The lowest BCUT2D eigenvalue weighted by molar-refractivity contribution is 0.305. The highest BCUT2D eigenvalue weighted by atomic mass is 16.5. The minimum atomic E-state index is 0.348. The number of hydrogen-bond donors (Lipinski definition) is 1. The van der Waals surface area contributed by atoms with Crippen molar-refractivity contribution in [1.29, 1.82) is 5.26 Å². The van der Waals surface area contributed by atoms with Gasteiger partial charge in [0.15, 0.2) is 0 Å². The van der Waals surface area contributed by atoms with Gasteiger partial charge < -0.3 is 10.1 Å². The van der Waals surface area contributed by atoms with E-state index in [-0.39, 0.29) is 0 Å². The van der Waals surface area contributed by atoms with Crippen LogP contribution in [-0.4, -0.2) is 11.0 Å². The van der Waals surface area contributed by atoms with Crippen LogP contribution in [0.1, 0.15) is 30.7 Å². The molecule has 21 heavy (non-hydrogen) atoms. The van der Waals surface area contributed by atoms with Crippen molar-refractivity contribution in [3.8, 4) is 11.8 Å². The van der Waals surface area contributed by atoms with Gasteiger partial charge in [0.2, 0.25) is 0 Å². The molecule has 0 bridgehead atoms. The minimum absolute atomic E-state index is 0.348. The summed E-state index contributed by atoms with van der Waals surface area (Å²) in [5.41, 5.74) is 2.43. The third-order valence-electron chi connectivity index (χ3n) is 3.03. The first-order valence-electron chi connectivity index (χ1n) is 6.98. The number of aromatic nitrogens is 1. The molecule has 0 amide bonds. The highest BCUT2D eigenvalue weighted by molar-refractivity contribution is 5.31. The molecule has 1 N–H and O–H groups in total. The molecule has 0 spiro atoms. The van der Waals surface area contributed by atoms with Crippen molar-refractivity contribution < 1.29 is 4.74 Å². The highest BCUT2D eigenvalue weighted by Crippen LogP contribution is 2.15. The van der Waals surface area contributed by atoms with Crippen LogP contribution in [0.2, 0.25) is 0 Å². The van der Waals surface area contributed by atoms with E-state index in [1.807, 2.05) is 30.3 Å². The van der Waals surface area contributed by atoms with E-state index in [1.165, 1.54) is 5.56 Å². The van der Waals surface area contributed by atoms with Crippen molar-refractivity contribution in [3.63, 3.8) is 0 Å². The fourth-order valence-corrected chi connectivity index (χ4v) is 1.84. The van der Waals surface area contributed by atoms with Gasteiger partial charge in [0.1, 0.15) is 24.1 Å². The van der Waals surface area contributed by atoms with Gasteiger partial charge in [0.05, 0.1) is 0 Å². The number of nitrogens with zero attached hydrogens (tertiary/aromatic N) is 2. The lowest BCUT2D eigenvalue weighted by Crippen LogP contribution is -2.21. The van der Waals surface area contributed by atoms with E-state index in [2.05, 4.69) is 30.2 Å². The fraction of sp³-hybridized carbons (Fsp3) is 0.294. The molecular weight excluding hydrogens is 262 g/mol. The minimum Gasteiger partial charge on any atom is -0.489 e. The van der Waals surface area contributed by atoms with Crippen molar-refractivity contribution in [2.75, 3.05) is 0 Å². The van der Waals surface area contributed by atoms with Crippen LogP contribution in [0.5, 0.6) is 5.75 Å². The third kappa shape index (κ3) is 4.59. The predicted molar refractivity (Wildman–Crippen MR) is 81.7 cm³/mol. The zero-order chi connectivity index (χ0) is 15.1. The number of hydrogen-bond acceptors (Lipinski definition) is 4. The summed E-state index contributed by atoms with van der Waals surface area (Å²) in [7, 11) is 0. The second kappa shape index (κ2) is 7.41. The van der Waals surface area contributed by atoms with Gasteiger partial charge >= 0.3 is 0 Å². The molecule has 0 aliphatic rings. The van der Waals surface area contributed by atoms with Crippen molar-refractivity contribution in [3.05, 3.63) is 59.4 Å². The monoisotopic (exact) mass is 281 g/mol. The van der Waals surface area contributed by atoms with Crippen molar-refractivity contribution in [1.82, 2.24) is 10.3 Å². The van der Waals surface area contributed by atoms with Crippen LogP contribution in [-0.2, 0) is 13.2 Å². The quantitative estimate of drug-likeness (QED) is 0.884. The lowest BCUT2D eigenvalue weighted by Gasteiger charge is -2.10. The first-order valence-corrected chi connectivity index (χ1v) is 6.98. The molecule has 0 saturated carbocycles. The molecule has 4 nitrogen and oxygen atoms in total. The first kappa shape index (κ1) is 15.0. The molecule has 0 saturated heterocycles. The van der Waals surface area contributed by atoms with E-state index < -0.39 is 0 Å². The molecule has 4 heteroatoms. The molecule has 1 aromatic carbocycles. The summed E-state index contributed by atoms with van der Waals surface area (Å²) in [6.07, 6.45) is 1.61. The zero-order valence-corrected chi connectivity index (χ0v) is 12.3. The molecule has 0 aliphatic carbocycles. The predicted octanol–water partition coefficient (Wildman–Crippen LogP) is 3.03. The van der Waals surface area contributed by atoms with Crippen LogP contribution in [0.15, 0.2) is 42.6 Å². The van der Waals surface area contributed by atoms with Crippen LogP contribution >= 0.6 is 0 Å². The number of ether oxygens (including phenoxy) is 1. The van der Waals surface area contributed by atoms with Crippen molar-refractivity contribution >= 4 is 0 Å². The Morgan fingerprint density at radius 3 is 2.67 bits per heavy atom. The number of rotatable bonds is 6. The lowest BCUT2D eigenvalue weighted by atomic mass is 10.2. The summed E-state index contributed by atoms with van der Waals surface area (Å²) in [5.74, 6) is 0.788. The first-order chi connectivity index (χ1) is 10.2. The van der Waals surface area contributed by atoms with Gasteiger partial charge in [-0.1, -0.05) is 32.0 Å². The molecule has 2 aromatic rings. The molecule has 0 aliphatic heterocycles. The van der Waals surface area contributed by atoms with Crippen LogP contribution < -0.4 is 10.1 Å². The maximum absolute atomic E-state index is 8.98. The van der Waals surface area contributed by atoms with E-state index in [9.17, 15) is 0 Å². The SMILES string of the molecule is CC(C)NCc1ccc(OCc2cccnc2C#N)cc1. The van der Waals surface area contributed by atoms with E-state index in [0.717, 1.165) is 17.9 Å². The number of pyridine rings is 1. The topological polar surface area (TPSA) is 57.9 Å². The van der Waals surface area contributed by atoms with Crippen molar-refractivity contribution in [2.24, 2.45) is 0 Å². The summed E-state index contributed by atoms with van der Waals surface area (Å²) in [6.45, 7) is 5.44. The van der Waals surface area contributed by atoms with Crippen LogP contribution in [0.4, 0.5) is 0 Å². The van der Waals surface area contributed by atoms with Gasteiger partial charge in [-0.25, -0.2) is 4.98 Å². The van der Waals surface area contributed by atoms with Crippen LogP contribution in [0.3, 0.4) is 0 Å². The number of nitriles is 1. The Bertz CT molecular complexity index is 615. The Balaban J connectivity index is 1.93. The normalized spacial score (nSPS) is 10.4. The maximum Gasteiger partial charge on any atom is 0.147 e. The molecule has 0 fully saturated rings. The summed E-state index contributed by atoms with van der Waals surface area (Å²) in [4.78, 5) is 4.02. The maximum atomic E-state index is 8.98. The molecule has 0 atom stereocenters. The second-order valence-corrected chi connectivity index (χ2v) is 5.09. The fourth-order valence-electron chi connectivity index (χ4n) is 1.84. The zero-order valence-electron chi connectivity index (χ0n) is 12.3.